The molecule has 0 radical (unpaired) electrons. The van der Waals surface area contributed by atoms with E-state index < -0.39 is 5.76 Å². The third-order valence-corrected chi connectivity index (χ3v) is 3.27. The average molecular weight is 296 g/mol. The SMILES string of the molecule is COc1cccc(CNc2ccc(SC(F)F)cc2)n1. The van der Waals surface area contributed by atoms with Gasteiger partial charge in [-0.25, -0.2) is 4.98 Å². The maximum Gasteiger partial charge on any atom is 0.288 e. The Kier molecular flexibility index (Phi) is 5.17. The van der Waals surface area contributed by atoms with Gasteiger partial charge in [-0.05, 0) is 30.3 Å². The second-order valence-electron chi connectivity index (χ2n) is 3.93. The van der Waals surface area contributed by atoms with E-state index in [4.69, 9.17) is 4.74 Å². The summed E-state index contributed by atoms with van der Waals surface area (Å²) >= 11 is 0.537. The lowest BCUT2D eigenvalue weighted by Gasteiger charge is -2.08. The summed E-state index contributed by atoms with van der Waals surface area (Å²) in [4.78, 5) is 4.82. The van der Waals surface area contributed by atoms with Crippen molar-refractivity contribution in [3.05, 3.63) is 48.2 Å². The number of nitrogens with zero attached hydrogens (tertiary/aromatic N) is 1. The van der Waals surface area contributed by atoms with Crippen molar-refractivity contribution < 1.29 is 13.5 Å². The van der Waals surface area contributed by atoms with Gasteiger partial charge in [-0.2, -0.15) is 8.78 Å². The first kappa shape index (κ1) is 14.6. The van der Waals surface area contributed by atoms with E-state index in [0.717, 1.165) is 11.4 Å². The first-order valence-electron chi connectivity index (χ1n) is 5.96. The molecule has 0 aliphatic rings. The Hall–Kier alpha value is -1.82. The van der Waals surface area contributed by atoms with Gasteiger partial charge < -0.3 is 10.1 Å². The second-order valence-corrected chi connectivity index (χ2v) is 4.99. The van der Waals surface area contributed by atoms with Gasteiger partial charge in [-0.3, -0.25) is 0 Å². The minimum Gasteiger partial charge on any atom is -0.481 e. The van der Waals surface area contributed by atoms with E-state index in [1.54, 1.807) is 37.4 Å². The first-order valence-corrected chi connectivity index (χ1v) is 6.84. The number of hydrogen-bond acceptors (Lipinski definition) is 4. The molecule has 0 saturated carbocycles. The van der Waals surface area contributed by atoms with Crippen LogP contribution in [0.25, 0.3) is 0 Å². The van der Waals surface area contributed by atoms with Crippen LogP contribution in [0.15, 0.2) is 47.4 Å². The summed E-state index contributed by atoms with van der Waals surface area (Å²) in [5.41, 5.74) is 1.70. The molecule has 6 heteroatoms. The summed E-state index contributed by atoms with van der Waals surface area (Å²) in [7, 11) is 1.57. The van der Waals surface area contributed by atoms with Crippen LogP contribution in [0.2, 0.25) is 0 Å². The van der Waals surface area contributed by atoms with Gasteiger partial charge in [0.2, 0.25) is 5.88 Å². The molecule has 0 bridgehead atoms. The number of methoxy groups -OCH3 is 1. The number of hydrogen-bond donors (Lipinski definition) is 1. The van der Waals surface area contributed by atoms with E-state index >= 15 is 0 Å². The number of ether oxygens (including phenoxy) is 1. The lowest BCUT2D eigenvalue weighted by molar-refractivity contribution is 0.252. The lowest BCUT2D eigenvalue weighted by atomic mass is 10.3. The number of aromatic nitrogens is 1. The Morgan fingerprint density at radius 1 is 1.20 bits per heavy atom. The van der Waals surface area contributed by atoms with Gasteiger partial charge in [-0.15, -0.1) is 0 Å². The standard InChI is InChI=1S/C14H14F2N2OS/c1-19-13-4-2-3-11(18-13)9-17-10-5-7-12(8-6-10)20-14(15)16/h2-8,14,17H,9H2,1H3. The van der Waals surface area contributed by atoms with Gasteiger partial charge in [0.05, 0.1) is 19.3 Å². The van der Waals surface area contributed by atoms with Crippen molar-refractivity contribution in [2.24, 2.45) is 0 Å². The number of pyridine rings is 1. The number of benzene rings is 1. The van der Waals surface area contributed by atoms with Crippen molar-refractivity contribution in [3.63, 3.8) is 0 Å². The highest BCUT2D eigenvalue weighted by molar-refractivity contribution is 7.99. The maximum absolute atomic E-state index is 12.2. The fraction of sp³-hybridized carbons (Fsp3) is 0.214. The van der Waals surface area contributed by atoms with Crippen molar-refractivity contribution in [3.8, 4) is 5.88 Å². The Labute approximate surface area is 120 Å². The molecule has 0 saturated heterocycles. The fourth-order valence-corrected chi connectivity index (χ4v) is 2.12. The summed E-state index contributed by atoms with van der Waals surface area (Å²) in [6, 6.07) is 12.4. The third-order valence-electron chi connectivity index (χ3n) is 2.54. The molecule has 3 nitrogen and oxygen atoms in total. The minimum atomic E-state index is -2.39. The largest absolute Gasteiger partial charge is 0.481 e. The van der Waals surface area contributed by atoms with E-state index in [-0.39, 0.29) is 0 Å². The third kappa shape index (κ3) is 4.38. The minimum absolute atomic E-state index is 0.537. The zero-order valence-corrected chi connectivity index (χ0v) is 11.7. The number of thioether (sulfide) groups is 1. The molecular weight excluding hydrogens is 282 g/mol. The van der Waals surface area contributed by atoms with Crippen molar-refractivity contribution >= 4 is 17.4 Å². The molecule has 106 valence electrons. The molecule has 1 N–H and O–H groups in total. The topological polar surface area (TPSA) is 34.1 Å². The Morgan fingerprint density at radius 2 is 1.95 bits per heavy atom. The number of nitrogens with one attached hydrogen (secondary N) is 1. The summed E-state index contributed by atoms with van der Waals surface area (Å²) in [5, 5.41) is 3.18. The van der Waals surface area contributed by atoms with Gasteiger partial charge in [0.15, 0.2) is 0 Å². The normalized spacial score (nSPS) is 10.6. The zero-order valence-electron chi connectivity index (χ0n) is 10.8. The van der Waals surface area contributed by atoms with Crippen LogP contribution >= 0.6 is 11.8 Å². The molecule has 1 aromatic carbocycles. The Bertz CT molecular complexity index is 549. The summed E-state index contributed by atoms with van der Waals surface area (Å²) < 4.78 is 29.4. The van der Waals surface area contributed by atoms with E-state index in [2.05, 4.69) is 10.3 Å². The van der Waals surface area contributed by atoms with Gasteiger partial charge in [0, 0.05) is 16.6 Å². The van der Waals surface area contributed by atoms with Crippen LogP contribution in [0.1, 0.15) is 5.69 Å². The molecule has 20 heavy (non-hydrogen) atoms. The smallest absolute Gasteiger partial charge is 0.288 e. The number of alkyl halides is 2. The predicted octanol–water partition coefficient (Wildman–Crippen LogP) is 4.02. The van der Waals surface area contributed by atoms with Crippen LogP contribution in [0.4, 0.5) is 14.5 Å². The van der Waals surface area contributed by atoms with Crippen molar-refractivity contribution in [1.82, 2.24) is 4.98 Å². The van der Waals surface area contributed by atoms with Crippen LogP contribution in [0.5, 0.6) is 5.88 Å². The average Bonchev–Trinajstić information content (AvgIpc) is 2.46. The van der Waals surface area contributed by atoms with E-state index in [9.17, 15) is 8.78 Å². The Morgan fingerprint density at radius 3 is 2.60 bits per heavy atom. The maximum atomic E-state index is 12.2. The molecule has 0 atom stereocenters. The van der Waals surface area contributed by atoms with Crippen molar-refractivity contribution in [2.75, 3.05) is 12.4 Å². The van der Waals surface area contributed by atoms with Crippen LogP contribution in [0.3, 0.4) is 0 Å². The quantitative estimate of drug-likeness (QED) is 0.817. The highest BCUT2D eigenvalue weighted by Gasteiger charge is 2.04. The summed E-state index contributed by atoms with van der Waals surface area (Å²) in [6.45, 7) is 0.540. The molecule has 0 aliphatic heterocycles. The van der Waals surface area contributed by atoms with Crippen LogP contribution in [-0.4, -0.2) is 17.9 Å². The number of halogens is 2. The van der Waals surface area contributed by atoms with E-state index in [1.807, 2.05) is 12.1 Å². The Balaban J connectivity index is 1.93. The molecule has 1 aromatic heterocycles. The molecule has 0 aliphatic carbocycles. The van der Waals surface area contributed by atoms with Crippen LogP contribution in [-0.2, 0) is 6.54 Å². The highest BCUT2D eigenvalue weighted by Crippen LogP contribution is 2.26. The molecule has 0 fully saturated rings. The molecular formula is C14H14F2N2OS. The molecule has 2 aromatic rings. The van der Waals surface area contributed by atoms with Gasteiger partial charge in [-0.1, -0.05) is 17.8 Å². The summed E-state index contributed by atoms with van der Waals surface area (Å²) in [6.07, 6.45) is 0. The first-order chi connectivity index (χ1) is 9.67. The molecule has 0 amide bonds. The zero-order chi connectivity index (χ0) is 14.4. The number of rotatable bonds is 6. The number of anilines is 1. The van der Waals surface area contributed by atoms with Crippen molar-refractivity contribution in [2.45, 2.75) is 17.2 Å². The van der Waals surface area contributed by atoms with Gasteiger partial charge in [0.1, 0.15) is 0 Å². The van der Waals surface area contributed by atoms with Crippen LogP contribution in [0, 0.1) is 0 Å². The van der Waals surface area contributed by atoms with E-state index in [1.165, 1.54) is 0 Å². The fourth-order valence-electron chi connectivity index (χ4n) is 1.62. The molecule has 2 rings (SSSR count). The van der Waals surface area contributed by atoms with Gasteiger partial charge >= 0.3 is 0 Å². The predicted molar refractivity (Wildman–Crippen MR) is 76.4 cm³/mol. The highest BCUT2D eigenvalue weighted by atomic mass is 32.2. The summed E-state index contributed by atoms with van der Waals surface area (Å²) in [5.74, 6) is -1.83. The van der Waals surface area contributed by atoms with Crippen LogP contribution < -0.4 is 10.1 Å². The van der Waals surface area contributed by atoms with E-state index in [0.29, 0.717) is 29.1 Å². The second kappa shape index (κ2) is 7.09. The monoisotopic (exact) mass is 296 g/mol. The molecule has 0 unspecified atom stereocenters. The van der Waals surface area contributed by atoms with Crippen molar-refractivity contribution in [1.29, 1.82) is 0 Å². The molecule has 1 heterocycles. The lowest BCUT2D eigenvalue weighted by Crippen LogP contribution is -2.02. The van der Waals surface area contributed by atoms with Gasteiger partial charge in [0.25, 0.3) is 5.76 Å². The molecule has 0 spiro atoms.